The fraction of sp³-hybridized carbons (Fsp3) is 0.778. The molecule has 0 atom stereocenters. The summed E-state index contributed by atoms with van der Waals surface area (Å²) < 4.78 is 24.4. The van der Waals surface area contributed by atoms with Crippen molar-refractivity contribution in [2.45, 2.75) is 6.43 Å². The number of nitrogens with zero attached hydrogens (tertiary/aromatic N) is 2. The Kier molecular flexibility index (Phi) is 5.23. The molecule has 0 aromatic carbocycles. The van der Waals surface area contributed by atoms with E-state index < -0.39 is 24.9 Å². The maximum absolute atomic E-state index is 12.2. The quantitative estimate of drug-likeness (QED) is 0.641. The van der Waals surface area contributed by atoms with Crippen molar-refractivity contribution in [1.29, 1.82) is 0 Å². The molecule has 0 radical (unpaired) electrons. The zero-order chi connectivity index (χ0) is 12.8. The second-order valence-corrected chi connectivity index (χ2v) is 3.63. The molecule has 0 aliphatic carbocycles. The van der Waals surface area contributed by atoms with Gasteiger partial charge in [-0.3, -0.25) is 14.6 Å². The fourth-order valence-corrected chi connectivity index (χ4v) is 1.56. The van der Waals surface area contributed by atoms with Gasteiger partial charge in [-0.1, -0.05) is 0 Å². The van der Waals surface area contributed by atoms with E-state index in [1.807, 2.05) is 0 Å². The lowest BCUT2D eigenvalue weighted by Crippen LogP contribution is -2.44. The van der Waals surface area contributed by atoms with Crippen molar-refractivity contribution in [1.82, 2.24) is 15.1 Å². The zero-order valence-corrected chi connectivity index (χ0v) is 9.23. The van der Waals surface area contributed by atoms with Crippen LogP contribution in [0.25, 0.3) is 0 Å². The molecule has 0 aromatic heterocycles. The van der Waals surface area contributed by atoms with Gasteiger partial charge in [-0.15, -0.1) is 0 Å². The Labute approximate surface area is 97.2 Å². The van der Waals surface area contributed by atoms with Crippen LogP contribution in [0.2, 0.25) is 0 Å². The van der Waals surface area contributed by atoms with Crippen LogP contribution < -0.4 is 5.32 Å². The summed E-state index contributed by atoms with van der Waals surface area (Å²) >= 11 is 0. The molecule has 0 spiro atoms. The van der Waals surface area contributed by atoms with Crippen LogP contribution in [0.4, 0.5) is 13.6 Å². The molecule has 2 N–H and O–H groups in total. The number of hydrogen-bond donors (Lipinski definition) is 2. The fourth-order valence-electron chi connectivity index (χ4n) is 1.56. The van der Waals surface area contributed by atoms with Crippen molar-refractivity contribution < 1.29 is 23.5 Å². The second kappa shape index (κ2) is 6.45. The third kappa shape index (κ3) is 4.23. The number of rotatable bonds is 6. The molecule has 1 heterocycles. The van der Waals surface area contributed by atoms with Crippen molar-refractivity contribution in [3.63, 3.8) is 0 Å². The van der Waals surface area contributed by atoms with Crippen molar-refractivity contribution in [3.05, 3.63) is 0 Å². The number of amides is 3. The number of urea groups is 1. The lowest BCUT2D eigenvalue weighted by Gasteiger charge is -2.22. The Balaban J connectivity index is 2.48. The maximum atomic E-state index is 12.2. The minimum Gasteiger partial charge on any atom is -0.395 e. The molecule has 1 saturated heterocycles. The lowest BCUT2D eigenvalue weighted by atomic mass is 10.4. The van der Waals surface area contributed by atoms with Gasteiger partial charge in [0.1, 0.15) is 0 Å². The average molecular weight is 251 g/mol. The molecule has 17 heavy (non-hydrogen) atoms. The molecule has 0 saturated carbocycles. The Morgan fingerprint density at radius 2 is 2.29 bits per heavy atom. The van der Waals surface area contributed by atoms with Crippen molar-refractivity contribution in [2.24, 2.45) is 0 Å². The lowest BCUT2D eigenvalue weighted by molar-refractivity contribution is -0.129. The number of halogens is 2. The van der Waals surface area contributed by atoms with Crippen LogP contribution in [0.1, 0.15) is 0 Å². The largest absolute Gasteiger partial charge is 0.395 e. The average Bonchev–Trinajstić information content (AvgIpc) is 2.63. The minimum absolute atomic E-state index is 0.0223. The monoisotopic (exact) mass is 251 g/mol. The molecule has 8 heteroatoms. The van der Waals surface area contributed by atoms with Crippen molar-refractivity contribution in [3.8, 4) is 0 Å². The van der Waals surface area contributed by atoms with Crippen LogP contribution in [-0.2, 0) is 4.79 Å². The normalized spacial score (nSPS) is 15.8. The first-order valence-electron chi connectivity index (χ1n) is 5.24. The molecule has 6 nitrogen and oxygen atoms in total. The first-order valence-corrected chi connectivity index (χ1v) is 5.24. The summed E-state index contributed by atoms with van der Waals surface area (Å²) in [5.41, 5.74) is 0. The van der Waals surface area contributed by atoms with Gasteiger partial charge >= 0.3 is 6.03 Å². The molecule has 98 valence electrons. The number of imide groups is 1. The highest BCUT2D eigenvalue weighted by atomic mass is 19.3. The summed E-state index contributed by atoms with van der Waals surface area (Å²) in [5, 5.41) is 11.1. The van der Waals surface area contributed by atoms with E-state index >= 15 is 0 Å². The van der Waals surface area contributed by atoms with Gasteiger partial charge in [0.15, 0.2) is 0 Å². The Bertz CT molecular complexity index is 289. The molecule has 1 aliphatic heterocycles. The smallest absolute Gasteiger partial charge is 0.324 e. The molecule has 1 fully saturated rings. The van der Waals surface area contributed by atoms with Crippen molar-refractivity contribution in [2.75, 3.05) is 39.3 Å². The van der Waals surface area contributed by atoms with E-state index in [0.717, 1.165) is 9.80 Å². The zero-order valence-electron chi connectivity index (χ0n) is 9.23. The van der Waals surface area contributed by atoms with Crippen LogP contribution in [0.3, 0.4) is 0 Å². The van der Waals surface area contributed by atoms with E-state index in [0.29, 0.717) is 6.54 Å². The Morgan fingerprint density at radius 3 is 2.76 bits per heavy atom. The maximum Gasteiger partial charge on any atom is 0.324 e. The van der Waals surface area contributed by atoms with Gasteiger partial charge in [-0.25, -0.2) is 13.6 Å². The summed E-state index contributed by atoms with van der Waals surface area (Å²) in [6.45, 7) is -0.601. The molecule has 0 unspecified atom stereocenters. The number of aliphatic hydroxyl groups is 1. The third-order valence-corrected chi connectivity index (χ3v) is 2.33. The molecule has 1 rings (SSSR count). The highest BCUT2D eigenvalue weighted by molar-refractivity contribution is 5.96. The highest BCUT2D eigenvalue weighted by Gasteiger charge is 2.27. The summed E-state index contributed by atoms with van der Waals surface area (Å²) in [6.07, 6.45) is -2.58. The molecule has 3 amide bonds. The molecule has 1 aliphatic rings. The number of alkyl halides is 2. The summed E-state index contributed by atoms with van der Waals surface area (Å²) in [6, 6.07) is -0.504. The summed E-state index contributed by atoms with van der Waals surface area (Å²) in [7, 11) is 0. The number of nitrogens with one attached hydrogen (secondary N) is 1. The first-order chi connectivity index (χ1) is 8.04. The highest BCUT2D eigenvalue weighted by Crippen LogP contribution is 2.02. The standard InChI is InChI=1S/C9H15F2N3O3/c10-7(11)5-13(3-4-15)6-8(16)14-2-1-12-9(14)17/h7,15H,1-6H2,(H,12,17). The predicted molar refractivity (Wildman–Crippen MR) is 54.6 cm³/mol. The molecule has 0 bridgehead atoms. The van der Waals surface area contributed by atoms with Crippen LogP contribution >= 0.6 is 0 Å². The van der Waals surface area contributed by atoms with E-state index in [2.05, 4.69) is 5.32 Å². The van der Waals surface area contributed by atoms with Crippen molar-refractivity contribution >= 4 is 11.9 Å². The molecular formula is C9H15F2N3O3. The predicted octanol–water partition coefficient (Wildman–Crippen LogP) is -0.902. The number of carbonyl (C=O) groups is 2. The Hall–Kier alpha value is -1.28. The summed E-state index contributed by atoms with van der Waals surface area (Å²) in [5.74, 6) is -0.533. The molecule has 0 aromatic rings. The van der Waals surface area contributed by atoms with E-state index in [1.165, 1.54) is 0 Å². The van der Waals surface area contributed by atoms with Crippen LogP contribution in [-0.4, -0.2) is 72.6 Å². The Morgan fingerprint density at radius 1 is 1.59 bits per heavy atom. The molecular weight excluding hydrogens is 236 g/mol. The van der Waals surface area contributed by atoms with Crippen LogP contribution in [0.15, 0.2) is 0 Å². The summed E-state index contributed by atoms with van der Waals surface area (Å²) in [4.78, 5) is 24.9. The third-order valence-electron chi connectivity index (χ3n) is 2.33. The number of hydrogen-bond acceptors (Lipinski definition) is 4. The van der Waals surface area contributed by atoms with E-state index in [1.54, 1.807) is 0 Å². The van der Waals surface area contributed by atoms with Gasteiger partial charge in [0.05, 0.1) is 19.7 Å². The van der Waals surface area contributed by atoms with Gasteiger partial charge in [0, 0.05) is 19.6 Å². The first kappa shape index (κ1) is 13.8. The topological polar surface area (TPSA) is 72.9 Å². The van der Waals surface area contributed by atoms with E-state index in [4.69, 9.17) is 5.11 Å². The van der Waals surface area contributed by atoms with Gasteiger partial charge in [0.25, 0.3) is 6.43 Å². The second-order valence-electron chi connectivity index (χ2n) is 3.63. The van der Waals surface area contributed by atoms with Gasteiger partial charge in [0.2, 0.25) is 5.91 Å². The van der Waals surface area contributed by atoms with Crippen LogP contribution in [0, 0.1) is 0 Å². The number of aliphatic hydroxyl groups excluding tert-OH is 1. The van der Waals surface area contributed by atoms with Gasteiger partial charge in [-0.05, 0) is 0 Å². The minimum atomic E-state index is -2.58. The van der Waals surface area contributed by atoms with Gasteiger partial charge < -0.3 is 10.4 Å². The SMILES string of the molecule is O=C(CN(CCO)CC(F)F)N1CCNC1=O. The van der Waals surface area contributed by atoms with E-state index in [9.17, 15) is 18.4 Å². The van der Waals surface area contributed by atoms with Gasteiger partial charge in [-0.2, -0.15) is 0 Å². The van der Waals surface area contributed by atoms with E-state index in [-0.39, 0.29) is 26.2 Å². The van der Waals surface area contributed by atoms with Crippen LogP contribution in [0.5, 0.6) is 0 Å². The number of carbonyl (C=O) groups excluding carboxylic acids is 2.